The molecule has 1 aliphatic heterocycles. The van der Waals surface area contributed by atoms with Crippen LogP contribution in [0.25, 0.3) is 0 Å². The summed E-state index contributed by atoms with van der Waals surface area (Å²) in [6.45, 7) is 0.809. The second-order valence-electron chi connectivity index (χ2n) is 1.82. The van der Waals surface area contributed by atoms with E-state index in [1.165, 1.54) is 8.84 Å². The first-order chi connectivity index (χ1) is 4.61. The zero-order valence-electron chi connectivity index (χ0n) is 4.82. The molecule has 1 aliphatic rings. The van der Waals surface area contributed by atoms with E-state index in [2.05, 4.69) is 0 Å². The largest absolute Gasteiger partial charge is 0.258 e. The minimum atomic E-state index is 0.347. The van der Waals surface area contributed by atoms with Gasteiger partial charge in [0.25, 0.3) is 0 Å². The maximum absolute atomic E-state index is 5.65. The molecule has 0 aromatic heterocycles. The van der Waals surface area contributed by atoms with Crippen molar-refractivity contribution in [3.05, 3.63) is 10.2 Å². The Labute approximate surface area is 79.1 Å². The molecule has 0 atom stereocenters. The lowest BCUT2D eigenvalue weighted by molar-refractivity contribution is 0.354. The Morgan fingerprint density at radius 2 is 1.80 bits per heavy atom. The second-order valence-corrected chi connectivity index (χ2v) is 3.52. The first kappa shape index (κ1) is 8.75. The zero-order valence-corrected chi connectivity index (χ0v) is 7.84. The average molecular weight is 222 g/mol. The number of halogens is 4. The van der Waals surface area contributed by atoms with E-state index in [1.807, 2.05) is 0 Å². The molecule has 2 nitrogen and oxygen atoms in total. The van der Waals surface area contributed by atoms with Gasteiger partial charge in [0.2, 0.25) is 0 Å². The molecule has 10 heavy (non-hydrogen) atoms. The van der Waals surface area contributed by atoms with E-state index in [0.29, 0.717) is 23.4 Å². The molecule has 0 amide bonds. The van der Waals surface area contributed by atoms with E-state index in [9.17, 15) is 0 Å². The summed E-state index contributed by atoms with van der Waals surface area (Å²) < 4.78 is 2.68. The van der Waals surface area contributed by atoms with E-state index in [-0.39, 0.29) is 0 Å². The molecule has 0 aromatic rings. The van der Waals surface area contributed by atoms with Gasteiger partial charge >= 0.3 is 0 Å². The van der Waals surface area contributed by atoms with Crippen LogP contribution in [0.15, 0.2) is 10.2 Å². The highest BCUT2D eigenvalue weighted by molar-refractivity contribution is 6.41. The van der Waals surface area contributed by atoms with Crippen LogP contribution in [0.4, 0.5) is 0 Å². The number of hydrogen-bond donors (Lipinski definition) is 0. The Kier molecular flexibility index (Phi) is 2.95. The Morgan fingerprint density at radius 3 is 2.30 bits per heavy atom. The second kappa shape index (κ2) is 3.37. The molecule has 0 spiro atoms. The molecule has 0 radical (unpaired) electrons. The van der Waals surface area contributed by atoms with Crippen LogP contribution < -0.4 is 0 Å². The van der Waals surface area contributed by atoms with Gasteiger partial charge in [-0.05, 0) is 11.8 Å². The Balaban J connectivity index is 2.74. The van der Waals surface area contributed by atoms with Crippen LogP contribution in [-0.2, 0) is 0 Å². The van der Waals surface area contributed by atoms with Crippen molar-refractivity contribution in [2.45, 2.75) is 0 Å². The third kappa shape index (κ3) is 1.83. The van der Waals surface area contributed by atoms with Crippen LogP contribution in [0.2, 0.25) is 0 Å². The molecule has 1 rings (SSSR count). The van der Waals surface area contributed by atoms with E-state index < -0.39 is 0 Å². The van der Waals surface area contributed by atoms with Gasteiger partial charge in [0, 0.05) is 11.8 Å². The third-order valence-electron chi connectivity index (χ3n) is 1.02. The predicted molar refractivity (Wildman–Crippen MR) is 43.9 cm³/mol. The Morgan fingerprint density at radius 1 is 1.20 bits per heavy atom. The summed E-state index contributed by atoms with van der Waals surface area (Å²) in [4.78, 5) is 0. The normalized spacial score (nSPS) is 22.2. The molecular formula is C4H4Cl4N2. The highest BCUT2D eigenvalue weighted by Crippen LogP contribution is 2.26. The first-order valence-corrected chi connectivity index (χ1v) is 3.92. The van der Waals surface area contributed by atoms with Gasteiger partial charge in [0.15, 0.2) is 0 Å². The van der Waals surface area contributed by atoms with Crippen molar-refractivity contribution >= 4 is 46.8 Å². The van der Waals surface area contributed by atoms with Gasteiger partial charge in [-0.2, -0.15) is 4.42 Å². The molecule has 0 aliphatic carbocycles. The third-order valence-corrected chi connectivity index (χ3v) is 2.44. The van der Waals surface area contributed by atoms with Crippen LogP contribution in [0.5, 0.6) is 0 Å². The average Bonchev–Trinajstić information content (AvgIpc) is 1.82. The molecule has 0 bridgehead atoms. The fourth-order valence-corrected chi connectivity index (χ4v) is 1.57. The van der Waals surface area contributed by atoms with E-state index in [1.54, 1.807) is 0 Å². The van der Waals surface area contributed by atoms with Crippen molar-refractivity contribution in [1.82, 2.24) is 8.84 Å². The smallest absolute Gasteiger partial charge is 0.136 e. The minimum Gasteiger partial charge on any atom is -0.258 e. The molecule has 0 fully saturated rings. The fraction of sp³-hybridized carbons (Fsp3) is 0.500. The van der Waals surface area contributed by atoms with E-state index in [4.69, 9.17) is 46.8 Å². The van der Waals surface area contributed by atoms with Gasteiger partial charge in [-0.25, -0.2) is 0 Å². The predicted octanol–water partition coefficient (Wildman–Crippen LogP) is 2.52. The van der Waals surface area contributed by atoms with Crippen LogP contribution in [0.1, 0.15) is 0 Å². The number of rotatable bonds is 0. The van der Waals surface area contributed by atoms with Crippen molar-refractivity contribution in [1.29, 1.82) is 0 Å². The van der Waals surface area contributed by atoms with Crippen LogP contribution in [0.3, 0.4) is 0 Å². The SMILES string of the molecule is ClC1=C(Cl)N(Cl)CN(Cl)C1. The van der Waals surface area contributed by atoms with Gasteiger partial charge < -0.3 is 0 Å². The molecule has 1 heterocycles. The monoisotopic (exact) mass is 220 g/mol. The standard InChI is InChI=1S/C4H4Cl4N2/c5-3-1-9(7)2-10(8)4(3)6/h1-2H2. The summed E-state index contributed by atoms with van der Waals surface area (Å²) in [5.41, 5.74) is 0. The van der Waals surface area contributed by atoms with Crippen LogP contribution in [0, 0.1) is 0 Å². The molecule has 0 saturated heterocycles. The number of hydrogen-bond acceptors (Lipinski definition) is 2. The van der Waals surface area contributed by atoms with Crippen molar-refractivity contribution in [2.75, 3.05) is 13.2 Å². The summed E-state index contributed by atoms with van der Waals surface area (Å²) in [6.07, 6.45) is 0. The fourth-order valence-electron chi connectivity index (χ4n) is 0.594. The quantitative estimate of drug-likeness (QED) is 0.458. The Hall–Kier alpha value is 0.660. The maximum atomic E-state index is 5.65. The minimum absolute atomic E-state index is 0.347. The van der Waals surface area contributed by atoms with Gasteiger partial charge in [-0.1, -0.05) is 23.2 Å². The number of nitrogens with zero attached hydrogens (tertiary/aromatic N) is 2. The Bertz CT molecular complexity index is 169. The van der Waals surface area contributed by atoms with Gasteiger partial charge in [0.1, 0.15) is 11.8 Å². The lowest BCUT2D eigenvalue weighted by atomic mass is 10.5. The molecule has 6 heteroatoms. The van der Waals surface area contributed by atoms with Crippen molar-refractivity contribution in [3.63, 3.8) is 0 Å². The highest BCUT2D eigenvalue weighted by atomic mass is 35.5. The van der Waals surface area contributed by atoms with Crippen LogP contribution in [-0.4, -0.2) is 22.1 Å². The summed E-state index contributed by atoms with van der Waals surface area (Å²) in [6, 6.07) is 0. The van der Waals surface area contributed by atoms with Gasteiger partial charge in [-0.3, -0.25) is 4.42 Å². The highest BCUT2D eigenvalue weighted by Gasteiger charge is 2.20. The van der Waals surface area contributed by atoms with Crippen molar-refractivity contribution in [3.8, 4) is 0 Å². The first-order valence-electron chi connectivity index (χ1n) is 2.49. The summed E-state index contributed by atoms with van der Waals surface area (Å²) in [5, 5.41) is 0.804. The van der Waals surface area contributed by atoms with Crippen molar-refractivity contribution in [2.24, 2.45) is 0 Å². The van der Waals surface area contributed by atoms with Crippen molar-refractivity contribution < 1.29 is 0 Å². The lowest BCUT2D eigenvalue weighted by Gasteiger charge is -2.26. The van der Waals surface area contributed by atoms with E-state index in [0.717, 1.165) is 0 Å². The summed E-state index contributed by atoms with van der Waals surface area (Å²) in [7, 11) is 0. The molecule has 0 N–H and O–H groups in total. The maximum Gasteiger partial charge on any atom is 0.136 e. The van der Waals surface area contributed by atoms with E-state index >= 15 is 0 Å². The van der Waals surface area contributed by atoms with Gasteiger partial charge in [0.05, 0.1) is 11.6 Å². The molecular weight excluding hydrogens is 218 g/mol. The van der Waals surface area contributed by atoms with Gasteiger partial charge in [-0.15, -0.1) is 0 Å². The topological polar surface area (TPSA) is 6.48 Å². The summed E-state index contributed by atoms with van der Waals surface area (Å²) in [5.74, 6) is 0. The molecule has 0 saturated carbocycles. The molecule has 0 unspecified atom stereocenters. The summed E-state index contributed by atoms with van der Waals surface area (Å²) >= 11 is 22.5. The lowest BCUT2D eigenvalue weighted by Crippen LogP contribution is -2.31. The molecule has 0 aromatic carbocycles. The zero-order chi connectivity index (χ0) is 7.72. The molecule has 58 valence electrons. The van der Waals surface area contributed by atoms with Crippen LogP contribution >= 0.6 is 46.8 Å².